The number of hydrogen-bond donors (Lipinski definition) is 2. The molecular formula is C21H14F5N3O4. The van der Waals surface area contributed by atoms with Crippen LogP contribution in [0.3, 0.4) is 0 Å². The van der Waals surface area contributed by atoms with Crippen LogP contribution in [-0.4, -0.2) is 23.9 Å². The van der Waals surface area contributed by atoms with Crippen LogP contribution in [0, 0.1) is 11.6 Å². The molecular weight excluding hydrogens is 453 g/mol. The molecule has 0 aliphatic heterocycles. The number of pyridine rings is 1. The minimum atomic E-state index is -4.86. The van der Waals surface area contributed by atoms with Crippen LogP contribution in [0.1, 0.15) is 26.3 Å². The van der Waals surface area contributed by atoms with Crippen LogP contribution in [0.4, 0.5) is 27.6 Å². The summed E-state index contributed by atoms with van der Waals surface area (Å²) in [6, 6.07) is 6.97. The van der Waals surface area contributed by atoms with E-state index in [1.54, 1.807) is 0 Å². The average Bonchev–Trinajstić information content (AvgIpc) is 2.75. The molecule has 0 atom stereocenters. The van der Waals surface area contributed by atoms with Crippen LogP contribution in [0.15, 0.2) is 48.7 Å². The highest BCUT2D eigenvalue weighted by Gasteiger charge is 2.33. The van der Waals surface area contributed by atoms with Gasteiger partial charge in [0.1, 0.15) is 5.56 Å². The van der Waals surface area contributed by atoms with Crippen molar-refractivity contribution in [2.75, 3.05) is 12.4 Å². The maximum absolute atomic E-state index is 14.2. The second-order valence-corrected chi connectivity index (χ2v) is 6.49. The SMILES string of the molecule is COc1cc(F)c(Oc2ncc(C(F)(F)F)cc2C(=O)Nc2cccc(C(N)=O)c2)cc1F. The van der Waals surface area contributed by atoms with Crippen molar-refractivity contribution in [2.45, 2.75) is 6.18 Å². The summed E-state index contributed by atoms with van der Waals surface area (Å²) in [5.41, 5.74) is 3.21. The van der Waals surface area contributed by atoms with Crippen LogP contribution in [0.5, 0.6) is 17.4 Å². The Morgan fingerprint density at radius 1 is 1.03 bits per heavy atom. The van der Waals surface area contributed by atoms with E-state index in [2.05, 4.69) is 15.0 Å². The van der Waals surface area contributed by atoms with Crippen LogP contribution < -0.4 is 20.5 Å². The molecule has 172 valence electrons. The van der Waals surface area contributed by atoms with Gasteiger partial charge in [-0.3, -0.25) is 9.59 Å². The number of rotatable bonds is 6. The average molecular weight is 467 g/mol. The van der Waals surface area contributed by atoms with Gasteiger partial charge in [0.05, 0.1) is 12.7 Å². The number of aromatic nitrogens is 1. The smallest absolute Gasteiger partial charge is 0.417 e. The van der Waals surface area contributed by atoms with Crippen molar-refractivity contribution in [3.05, 3.63) is 77.0 Å². The fourth-order valence-corrected chi connectivity index (χ4v) is 2.65. The number of halogens is 5. The summed E-state index contributed by atoms with van der Waals surface area (Å²) >= 11 is 0. The highest BCUT2D eigenvalue weighted by Crippen LogP contribution is 2.35. The van der Waals surface area contributed by atoms with Crippen molar-refractivity contribution in [1.82, 2.24) is 4.98 Å². The van der Waals surface area contributed by atoms with Gasteiger partial charge in [-0.05, 0) is 24.3 Å². The Kier molecular flexibility index (Phi) is 6.47. The summed E-state index contributed by atoms with van der Waals surface area (Å²) in [6.07, 6.45) is -4.48. The van der Waals surface area contributed by atoms with E-state index < -0.39 is 58.1 Å². The Morgan fingerprint density at radius 2 is 1.70 bits per heavy atom. The fourth-order valence-electron chi connectivity index (χ4n) is 2.65. The number of methoxy groups -OCH3 is 1. The first-order valence-electron chi connectivity index (χ1n) is 8.99. The van der Waals surface area contributed by atoms with Crippen molar-refractivity contribution in [1.29, 1.82) is 0 Å². The molecule has 0 bridgehead atoms. The van der Waals surface area contributed by atoms with Gasteiger partial charge in [0, 0.05) is 29.6 Å². The predicted octanol–water partition coefficient (Wildman–Crippen LogP) is 4.53. The first-order chi connectivity index (χ1) is 15.5. The lowest BCUT2D eigenvalue weighted by Crippen LogP contribution is -2.17. The first kappa shape index (κ1) is 23.4. The Balaban J connectivity index is 2.02. The number of alkyl halides is 3. The third-order valence-corrected chi connectivity index (χ3v) is 4.24. The van der Waals surface area contributed by atoms with Gasteiger partial charge >= 0.3 is 6.18 Å². The molecule has 0 spiro atoms. The van der Waals surface area contributed by atoms with Gasteiger partial charge < -0.3 is 20.5 Å². The van der Waals surface area contributed by atoms with Gasteiger partial charge in [-0.2, -0.15) is 13.2 Å². The van der Waals surface area contributed by atoms with Crippen molar-refractivity contribution < 1.29 is 41.0 Å². The quantitative estimate of drug-likeness (QED) is 0.519. The van der Waals surface area contributed by atoms with Crippen molar-refractivity contribution in [2.24, 2.45) is 5.73 Å². The lowest BCUT2D eigenvalue weighted by molar-refractivity contribution is -0.137. The zero-order valence-electron chi connectivity index (χ0n) is 16.7. The van der Waals surface area contributed by atoms with E-state index in [4.69, 9.17) is 10.5 Å². The van der Waals surface area contributed by atoms with Crippen LogP contribution in [0.2, 0.25) is 0 Å². The molecule has 0 fully saturated rings. The number of benzene rings is 2. The molecule has 2 amide bonds. The van der Waals surface area contributed by atoms with Gasteiger partial charge in [-0.1, -0.05) is 6.07 Å². The molecule has 0 unspecified atom stereocenters. The molecule has 0 saturated heterocycles. The molecule has 33 heavy (non-hydrogen) atoms. The van der Waals surface area contributed by atoms with Gasteiger partial charge in [0.2, 0.25) is 11.8 Å². The summed E-state index contributed by atoms with van der Waals surface area (Å²) in [5.74, 6) is -5.97. The number of carbonyl (C=O) groups is 2. The van der Waals surface area contributed by atoms with E-state index >= 15 is 0 Å². The molecule has 3 rings (SSSR count). The van der Waals surface area contributed by atoms with Crippen molar-refractivity contribution in [3.63, 3.8) is 0 Å². The number of primary amides is 1. The maximum Gasteiger partial charge on any atom is 0.417 e. The standard InChI is InChI=1S/C21H14F5N3O4/c1-32-16-7-15(23)17(8-14(16)22)33-20-13(6-11(9-28-20)21(24,25)26)19(31)29-12-4-2-3-10(5-12)18(27)30/h2-9H,1H3,(H2,27,30)(H,29,31). The van der Waals surface area contributed by atoms with Crippen molar-refractivity contribution in [3.8, 4) is 17.4 Å². The zero-order chi connectivity index (χ0) is 24.3. The monoisotopic (exact) mass is 467 g/mol. The molecule has 1 aromatic heterocycles. The predicted molar refractivity (Wildman–Crippen MR) is 105 cm³/mol. The molecule has 3 aromatic rings. The lowest BCUT2D eigenvalue weighted by Gasteiger charge is -2.14. The summed E-state index contributed by atoms with van der Waals surface area (Å²) in [7, 11) is 1.10. The maximum atomic E-state index is 14.2. The van der Waals surface area contributed by atoms with E-state index in [1.165, 1.54) is 24.3 Å². The number of nitrogens with two attached hydrogens (primary N) is 1. The molecule has 7 nitrogen and oxygen atoms in total. The second-order valence-electron chi connectivity index (χ2n) is 6.49. The number of carbonyl (C=O) groups excluding carboxylic acids is 2. The summed E-state index contributed by atoms with van der Waals surface area (Å²) in [4.78, 5) is 27.5. The molecule has 12 heteroatoms. The molecule has 1 heterocycles. The van der Waals surface area contributed by atoms with Crippen LogP contribution in [0.25, 0.3) is 0 Å². The van der Waals surface area contributed by atoms with Crippen LogP contribution in [-0.2, 0) is 6.18 Å². The highest BCUT2D eigenvalue weighted by atomic mass is 19.4. The minimum absolute atomic E-state index is 0.0290. The van der Waals surface area contributed by atoms with Crippen molar-refractivity contribution >= 4 is 17.5 Å². The minimum Gasteiger partial charge on any atom is -0.494 e. The molecule has 3 N–H and O–H groups in total. The summed E-state index contributed by atoms with van der Waals surface area (Å²) in [5, 5.41) is 2.28. The summed E-state index contributed by atoms with van der Waals surface area (Å²) < 4.78 is 77.5. The Morgan fingerprint density at radius 3 is 2.33 bits per heavy atom. The van der Waals surface area contributed by atoms with Gasteiger partial charge in [0.15, 0.2) is 23.1 Å². The Hall–Kier alpha value is -4.22. The molecule has 2 aromatic carbocycles. The topological polar surface area (TPSA) is 104 Å². The normalized spacial score (nSPS) is 11.1. The highest BCUT2D eigenvalue weighted by molar-refractivity contribution is 6.06. The second kappa shape index (κ2) is 9.10. The zero-order valence-corrected chi connectivity index (χ0v) is 16.7. The summed E-state index contributed by atoms with van der Waals surface area (Å²) in [6.45, 7) is 0. The number of hydrogen-bond acceptors (Lipinski definition) is 5. The van der Waals surface area contributed by atoms with Gasteiger partial charge in [0.25, 0.3) is 5.91 Å². The molecule has 0 radical (unpaired) electrons. The van der Waals surface area contributed by atoms with E-state index in [0.29, 0.717) is 24.4 Å². The number of anilines is 1. The largest absolute Gasteiger partial charge is 0.494 e. The van der Waals surface area contributed by atoms with Gasteiger partial charge in [-0.25, -0.2) is 13.8 Å². The van der Waals surface area contributed by atoms with Crippen LogP contribution >= 0.6 is 0 Å². The fraction of sp³-hybridized carbons (Fsp3) is 0.0952. The molecule has 0 aliphatic carbocycles. The number of ether oxygens (including phenoxy) is 2. The molecule has 0 aliphatic rings. The third-order valence-electron chi connectivity index (χ3n) is 4.24. The molecule has 0 saturated carbocycles. The van der Waals surface area contributed by atoms with E-state index in [-0.39, 0.29) is 11.3 Å². The lowest BCUT2D eigenvalue weighted by atomic mass is 10.1. The third kappa shape index (κ3) is 5.34. The van der Waals surface area contributed by atoms with E-state index in [0.717, 1.165) is 7.11 Å². The van der Waals surface area contributed by atoms with Gasteiger partial charge in [-0.15, -0.1) is 0 Å². The van der Waals surface area contributed by atoms with E-state index in [9.17, 15) is 31.5 Å². The number of amides is 2. The Bertz CT molecular complexity index is 1230. The number of nitrogens with one attached hydrogen (secondary N) is 1. The Labute approximate surface area is 182 Å². The van der Waals surface area contributed by atoms with E-state index in [1.807, 2.05) is 0 Å². The first-order valence-corrected chi connectivity index (χ1v) is 8.99. The number of nitrogens with zero attached hydrogens (tertiary/aromatic N) is 1.